The Balaban J connectivity index is 1.79. The molecule has 2 rings (SSSR count). The fourth-order valence-corrected chi connectivity index (χ4v) is 3.61. The molecule has 154 valence electrons. The van der Waals surface area contributed by atoms with Gasteiger partial charge in [0.1, 0.15) is 0 Å². The molecule has 28 heavy (non-hydrogen) atoms. The highest BCUT2D eigenvalue weighted by Gasteiger charge is 2.23. The second kappa shape index (κ2) is 9.73. The summed E-state index contributed by atoms with van der Waals surface area (Å²) in [5.74, 6) is 0.366. The Hall–Kier alpha value is -2.35. The van der Waals surface area contributed by atoms with Crippen LogP contribution in [0.1, 0.15) is 38.7 Å². The van der Waals surface area contributed by atoms with Crippen LogP contribution >= 0.6 is 0 Å². The highest BCUT2D eigenvalue weighted by atomic mass is 32.2. The number of rotatable bonds is 7. The summed E-state index contributed by atoms with van der Waals surface area (Å²) >= 11 is 0. The zero-order valence-electron chi connectivity index (χ0n) is 16.6. The van der Waals surface area contributed by atoms with Gasteiger partial charge in [0.05, 0.1) is 6.26 Å². The molecule has 0 bridgehead atoms. The molecule has 2 amide bonds. The predicted molar refractivity (Wildman–Crippen MR) is 111 cm³/mol. The second-order valence-corrected chi connectivity index (χ2v) is 9.34. The molecular formula is C20H29N3O4S. The molecule has 0 spiro atoms. The van der Waals surface area contributed by atoms with Crippen molar-refractivity contribution in [3.05, 3.63) is 35.9 Å². The molecule has 8 heteroatoms. The van der Waals surface area contributed by atoms with Crippen LogP contribution in [0.5, 0.6) is 0 Å². The summed E-state index contributed by atoms with van der Waals surface area (Å²) in [6.45, 7) is 5.42. The summed E-state index contributed by atoms with van der Waals surface area (Å²) in [5.41, 5.74) is 1.27. The predicted octanol–water partition coefficient (Wildman–Crippen LogP) is 2.22. The van der Waals surface area contributed by atoms with E-state index in [9.17, 15) is 18.0 Å². The van der Waals surface area contributed by atoms with Crippen LogP contribution in [-0.4, -0.2) is 50.5 Å². The molecule has 2 N–H and O–H groups in total. The van der Waals surface area contributed by atoms with E-state index in [0.29, 0.717) is 31.1 Å². The largest absolute Gasteiger partial charge is 0.350 e. The first-order valence-electron chi connectivity index (χ1n) is 9.46. The van der Waals surface area contributed by atoms with Gasteiger partial charge in [-0.2, -0.15) is 0 Å². The van der Waals surface area contributed by atoms with Crippen LogP contribution in [0.4, 0.5) is 5.69 Å². The van der Waals surface area contributed by atoms with Crippen molar-refractivity contribution < 1.29 is 18.0 Å². The maximum absolute atomic E-state index is 12.1. The first-order valence-corrected chi connectivity index (χ1v) is 11.4. The molecule has 1 aromatic rings. The fourth-order valence-electron chi connectivity index (χ4n) is 3.05. The molecule has 1 aromatic carbocycles. The number of carbonyl (C=O) groups is 2. The lowest BCUT2D eigenvalue weighted by molar-refractivity contribution is -0.133. The van der Waals surface area contributed by atoms with Crippen molar-refractivity contribution in [2.24, 2.45) is 5.92 Å². The van der Waals surface area contributed by atoms with E-state index in [4.69, 9.17) is 0 Å². The van der Waals surface area contributed by atoms with Crippen LogP contribution in [0.3, 0.4) is 0 Å². The van der Waals surface area contributed by atoms with Crippen molar-refractivity contribution in [1.29, 1.82) is 0 Å². The van der Waals surface area contributed by atoms with Gasteiger partial charge in [0.2, 0.25) is 21.8 Å². The van der Waals surface area contributed by atoms with E-state index in [2.05, 4.69) is 10.0 Å². The number of sulfonamides is 1. The van der Waals surface area contributed by atoms with Crippen molar-refractivity contribution in [2.45, 2.75) is 39.2 Å². The maximum atomic E-state index is 12.1. The van der Waals surface area contributed by atoms with Gasteiger partial charge in [0.25, 0.3) is 0 Å². The smallest absolute Gasteiger partial charge is 0.244 e. The number of nitrogens with one attached hydrogen (secondary N) is 2. The minimum absolute atomic E-state index is 0.0709. The molecule has 0 unspecified atom stereocenters. The lowest BCUT2D eigenvalue weighted by Crippen LogP contribution is -2.46. The molecule has 1 aliphatic heterocycles. The molecule has 1 aliphatic rings. The van der Waals surface area contributed by atoms with E-state index < -0.39 is 10.0 Å². The van der Waals surface area contributed by atoms with E-state index in [-0.39, 0.29) is 17.9 Å². The summed E-state index contributed by atoms with van der Waals surface area (Å²) in [4.78, 5) is 26.1. The Morgan fingerprint density at radius 2 is 1.79 bits per heavy atom. The molecule has 0 aromatic heterocycles. The Morgan fingerprint density at radius 3 is 2.32 bits per heavy atom. The summed E-state index contributed by atoms with van der Waals surface area (Å²) in [6, 6.07) is 6.82. The summed E-state index contributed by atoms with van der Waals surface area (Å²) in [7, 11) is -3.30. The fraction of sp³-hybridized carbons (Fsp3) is 0.500. The van der Waals surface area contributed by atoms with Gasteiger partial charge in [-0.05, 0) is 42.5 Å². The molecule has 0 atom stereocenters. The second-order valence-electron chi connectivity index (χ2n) is 7.59. The zero-order valence-corrected chi connectivity index (χ0v) is 17.5. The number of hydrogen-bond donors (Lipinski definition) is 2. The molecule has 0 aliphatic carbocycles. The SMILES string of the molecule is CC(C)CC(=O)N1CCC(NC(=O)/C=C/c2ccc(NS(C)(=O)=O)cc2)CC1. The molecule has 1 fully saturated rings. The molecule has 7 nitrogen and oxygen atoms in total. The molecule has 1 heterocycles. The van der Waals surface area contributed by atoms with Gasteiger partial charge in [-0.25, -0.2) is 8.42 Å². The third kappa shape index (κ3) is 7.72. The van der Waals surface area contributed by atoms with Crippen LogP contribution in [-0.2, 0) is 19.6 Å². The number of anilines is 1. The Bertz CT molecular complexity index is 808. The Kier molecular flexibility index (Phi) is 7.62. The lowest BCUT2D eigenvalue weighted by atomic mass is 10.0. The van der Waals surface area contributed by atoms with E-state index >= 15 is 0 Å². The highest BCUT2D eigenvalue weighted by molar-refractivity contribution is 7.92. The Morgan fingerprint density at radius 1 is 1.18 bits per heavy atom. The van der Waals surface area contributed by atoms with E-state index in [1.54, 1.807) is 30.3 Å². The summed E-state index contributed by atoms with van der Waals surface area (Å²) in [6.07, 6.45) is 6.33. The monoisotopic (exact) mass is 407 g/mol. The number of likely N-dealkylation sites (tertiary alicyclic amines) is 1. The maximum Gasteiger partial charge on any atom is 0.244 e. The molecule has 0 radical (unpaired) electrons. The van der Waals surface area contributed by atoms with E-state index in [0.717, 1.165) is 24.7 Å². The number of carbonyl (C=O) groups excluding carboxylic acids is 2. The van der Waals surface area contributed by atoms with E-state index in [1.807, 2.05) is 18.7 Å². The van der Waals surface area contributed by atoms with E-state index in [1.165, 1.54) is 6.08 Å². The van der Waals surface area contributed by atoms with Crippen LogP contribution in [0.15, 0.2) is 30.3 Å². The van der Waals surface area contributed by atoms with Gasteiger partial charge in [-0.1, -0.05) is 26.0 Å². The normalized spacial score (nSPS) is 15.8. The first-order chi connectivity index (χ1) is 13.1. The van der Waals surface area contributed by atoms with Gasteiger partial charge < -0.3 is 10.2 Å². The van der Waals surface area contributed by atoms with Crippen LogP contribution in [0.25, 0.3) is 6.08 Å². The van der Waals surface area contributed by atoms with Crippen LogP contribution < -0.4 is 10.0 Å². The van der Waals surface area contributed by atoms with Gasteiger partial charge >= 0.3 is 0 Å². The minimum Gasteiger partial charge on any atom is -0.350 e. The average molecular weight is 408 g/mol. The van der Waals surface area contributed by atoms with Crippen molar-refractivity contribution in [3.63, 3.8) is 0 Å². The molecule has 0 saturated carbocycles. The zero-order chi connectivity index (χ0) is 20.7. The van der Waals surface area contributed by atoms with Crippen molar-refractivity contribution in [2.75, 3.05) is 24.1 Å². The van der Waals surface area contributed by atoms with Gasteiger partial charge in [0, 0.05) is 37.3 Å². The molecule has 1 saturated heterocycles. The molecular weight excluding hydrogens is 378 g/mol. The third-order valence-corrected chi connectivity index (χ3v) is 5.02. The number of amides is 2. The number of piperidine rings is 1. The number of nitrogens with zero attached hydrogens (tertiary/aromatic N) is 1. The number of hydrogen-bond acceptors (Lipinski definition) is 4. The summed E-state index contributed by atoms with van der Waals surface area (Å²) < 4.78 is 24.8. The van der Waals surface area contributed by atoms with Crippen molar-refractivity contribution in [3.8, 4) is 0 Å². The highest BCUT2D eigenvalue weighted by Crippen LogP contribution is 2.14. The van der Waals surface area contributed by atoms with Gasteiger partial charge in [-0.15, -0.1) is 0 Å². The van der Waals surface area contributed by atoms with Gasteiger partial charge in [0.15, 0.2) is 0 Å². The standard InChI is InChI=1S/C20H29N3O4S/c1-15(2)14-20(25)23-12-10-17(11-13-23)21-19(24)9-6-16-4-7-18(8-5-16)22-28(3,26)27/h4-9,15,17,22H,10-14H2,1-3H3,(H,21,24)/b9-6+. The van der Waals surface area contributed by atoms with Crippen molar-refractivity contribution in [1.82, 2.24) is 10.2 Å². The lowest BCUT2D eigenvalue weighted by Gasteiger charge is -2.32. The van der Waals surface area contributed by atoms with Crippen LogP contribution in [0.2, 0.25) is 0 Å². The quantitative estimate of drug-likeness (QED) is 0.678. The Labute approximate surface area is 167 Å². The van der Waals surface area contributed by atoms with Gasteiger partial charge in [-0.3, -0.25) is 14.3 Å². The average Bonchev–Trinajstić information content (AvgIpc) is 2.60. The van der Waals surface area contributed by atoms with Crippen molar-refractivity contribution >= 4 is 33.6 Å². The first kappa shape index (κ1) is 21.9. The van der Waals surface area contributed by atoms with Crippen LogP contribution in [0, 0.1) is 5.92 Å². The topological polar surface area (TPSA) is 95.6 Å². The third-order valence-electron chi connectivity index (χ3n) is 4.42. The number of benzene rings is 1. The minimum atomic E-state index is -3.30. The summed E-state index contributed by atoms with van der Waals surface area (Å²) in [5, 5.41) is 2.98.